The van der Waals surface area contributed by atoms with Crippen LogP contribution in [0.2, 0.25) is 0 Å². The van der Waals surface area contributed by atoms with E-state index in [1.807, 2.05) is 0 Å². The molecule has 0 aromatic carbocycles. The zero-order valence-electron chi connectivity index (χ0n) is 8.09. The number of aliphatic hydroxyl groups excluding tert-OH is 1. The molecule has 13 heavy (non-hydrogen) atoms. The molecule has 0 aromatic heterocycles. The molecule has 0 amide bonds. The van der Waals surface area contributed by atoms with Crippen LogP contribution in [0, 0.1) is 0 Å². The number of nitrogens with one attached hydrogen (secondary N) is 1. The summed E-state index contributed by atoms with van der Waals surface area (Å²) in [6, 6.07) is 0. The van der Waals surface area contributed by atoms with E-state index in [0.717, 1.165) is 39.0 Å². The minimum absolute atomic E-state index is 0.00938. The van der Waals surface area contributed by atoms with Crippen LogP contribution >= 0.6 is 0 Å². The van der Waals surface area contributed by atoms with Crippen molar-refractivity contribution >= 4 is 0 Å². The van der Waals surface area contributed by atoms with Crippen molar-refractivity contribution in [3.05, 3.63) is 0 Å². The van der Waals surface area contributed by atoms with Crippen molar-refractivity contribution < 1.29 is 9.84 Å². The summed E-state index contributed by atoms with van der Waals surface area (Å²) in [5, 5.41) is 12.0. The van der Waals surface area contributed by atoms with Crippen LogP contribution in [-0.4, -0.2) is 43.6 Å². The van der Waals surface area contributed by atoms with Crippen molar-refractivity contribution in [1.29, 1.82) is 0 Å². The van der Waals surface area contributed by atoms with E-state index in [4.69, 9.17) is 15.6 Å². The number of hydrogen-bond donors (Lipinski definition) is 3. The molecular weight excluding hydrogens is 168 g/mol. The second-order valence-corrected chi connectivity index (χ2v) is 3.64. The normalized spacial score (nSPS) is 28.2. The van der Waals surface area contributed by atoms with Gasteiger partial charge in [0.05, 0.1) is 12.1 Å². The predicted molar refractivity (Wildman–Crippen MR) is 51.5 cm³/mol. The highest BCUT2D eigenvalue weighted by molar-refractivity contribution is 4.92. The quantitative estimate of drug-likeness (QED) is 0.490. The van der Waals surface area contributed by atoms with Crippen molar-refractivity contribution in [3.63, 3.8) is 0 Å². The predicted octanol–water partition coefficient (Wildman–Crippen LogP) is -0.534. The Hall–Kier alpha value is -0.160. The third-order valence-corrected chi connectivity index (χ3v) is 2.58. The molecule has 0 bridgehead atoms. The summed E-state index contributed by atoms with van der Waals surface area (Å²) in [5.74, 6) is 0. The lowest BCUT2D eigenvalue weighted by Gasteiger charge is -2.27. The Labute approximate surface area is 79.5 Å². The first-order valence-electron chi connectivity index (χ1n) is 4.97. The maximum atomic E-state index is 8.60. The molecule has 4 N–H and O–H groups in total. The van der Waals surface area contributed by atoms with Crippen molar-refractivity contribution in [3.8, 4) is 0 Å². The standard InChI is InChI=1S/C9H20N2O2/c10-7-9(3-6-13-8-9)11-4-1-2-5-12/h11-12H,1-8,10H2. The summed E-state index contributed by atoms with van der Waals surface area (Å²) in [6.07, 6.45) is 2.86. The van der Waals surface area contributed by atoms with Gasteiger partial charge in [0.15, 0.2) is 0 Å². The van der Waals surface area contributed by atoms with Gasteiger partial charge in [0.25, 0.3) is 0 Å². The average Bonchev–Trinajstić information content (AvgIpc) is 2.62. The van der Waals surface area contributed by atoms with Gasteiger partial charge in [-0.2, -0.15) is 0 Å². The minimum Gasteiger partial charge on any atom is -0.396 e. The Morgan fingerprint density at radius 3 is 2.85 bits per heavy atom. The highest BCUT2D eigenvalue weighted by atomic mass is 16.5. The summed E-state index contributed by atoms with van der Waals surface area (Å²) >= 11 is 0. The fourth-order valence-electron chi connectivity index (χ4n) is 1.57. The van der Waals surface area contributed by atoms with Gasteiger partial charge in [0, 0.05) is 19.8 Å². The smallest absolute Gasteiger partial charge is 0.0661 e. The van der Waals surface area contributed by atoms with Gasteiger partial charge >= 0.3 is 0 Å². The van der Waals surface area contributed by atoms with Gasteiger partial charge in [0.1, 0.15) is 0 Å². The molecule has 1 fully saturated rings. The molecule has 0 aromatic rings. The lowest BCUT2D eigenvalue weighted by Crippen LogP contribution is -2.52. The Bertz CT molecular complexity index is 136. The molecule has 1 aliphatic heterocycles. The zero-order valence-corrected chi connectivity index (χ0v) is 8.09. The highest BCUT2D eigenvalue weighted by Gasteiger charge is 2.32. The van der Waals surface area contributed by atoms with Gasteiger partial charge in [-0.05, 0) is 25.8 Å². The van der Waals surface area contributed by atoms with Crippen LogP contribution in [0.5, 0.6) is 0 Å². The molecular formula is C9H20N2O2. The van der Waals surface area contributed by atoms with Crippen molar-refractivity contribution in [2.24, 2.45) is 5.73 Å². The van der Waals surface area contributed by atoms with Crippen LogP contribution in [0.3, 0.4) is 0 Å². The van der Waals surface area contributed by atoms with E-state index >= 15 is 0 Å². The SMILES string of the molecule is NCC1(NCCCCO)CCOC1. The molecule has 1 rings (SSSR count). The van der Waals surface area contributed by atoms with E-state index in [1.54, 1.807) is 0 Å². The number of nitrogens with two attached hydrogens (primary N) is 1. The van der Waals surface area contributed by atoms with Crippen molar-refractivity contribution in [2.45, 2.75) is 24.8 Å². The van der Waals surface area contributed by atoms with Crippen LogP contribution in [0.25, 0.3) is 0 Å². The molecule has 1 unspecified atom stereocenters. The second kappa shape index (κ2) is 5.54. The van der Waals surface area contributed by atoms with E-state index in [9.17, 15) is 0 Å². The number of aliphatic hydroxyl groups is 1. The largest absolute Gasteiger partial charge is 0.396 e. The van der Waals surface area contributed by atoms with E-state index in [1.165, 1.54) is 0 Å². The van der Waals surface area contributed by atoms with Gasteiger partial charge in [-0.3, -0.25) is 0 Å². The molecule has 0 spiro atoms. The molecule has 0 saturated carbocycles. The number of ether oxygens (including phenoxy) is 1. The fourth-order valence-corrected chi connectivity index (χ4v) is 1.57. The van der Waals surface area contributed by atoms with Crippen LogP contribution in [-0.2, 0) is 4.74 Å². The van der Waals surface area contributed by atoms with E-state index in [2.05, 4.69) is 5.32 Å². The monoisotopic (exact) mass is 188 g/mol. The third-order valence-electron chi connectivity index (χ3n) is 2.58. The molecule has 4 nitrogen and oxygen atoms in total. The Morgan fingerprint density at radius 2 is 2.31 bits per heavy atom. The lowest BCUT2D eigenvalue weighted by atomic mass is 9.99. The van der Waals surface area contributed by atoms with Crippen LogP contribution in [0.15, 0.2) is 0 Å². The number of hydrogen-bond acceptors (Lipinski definition) is 4. The first kappa shape index (κ1) is 10.9. The van der Waals surface area contributed by atoms with Gasteiger partial charge in [0.2, 0.25) is 0 Å². The van der Waals surface area contributed by atoms with E-state index in [-0.39, 0.29) is 12.1 Å². The second-order valence-electron chi connectivity index (χ2n) is 3.64. The summed E-state index contributed by atoms with van der Waals surface area (Å²) in [6.45, 7) is 3.36. The van der Waals surface area contributed by atoms with Gasteiger partial charge in [-0.1, -0.05) is 0 Å². The number of unbranched alkanes of at least 4 members (excludes halogenated alkanes) is 1. The van der Waals surface area contributed by atoms with Gasteiger partial charge in [-0.15, -0.1) is 0 Å². The first-order chi connectivity index (χ1) is 6.33. The molecule has 1 heterocycles. The maximum absolute atomic E-state index is 8.60. The molecule has 1 atom stereocenters. The zero-order chi connectivity index (χ0) is 9.57. The summed E-state index contributed by atoms with van der Waals surface area (Å²) in [4.78, 5) is 0. The third kappa shape index (κ3) is 3.23. The Morgan fingerprint density at radius 1 is 1.46 bits per heavy atom. The topological polar surface area (TPSA) is 67.5 Å². The molecule has 4 heteroatoms. The molecule has 1 aliphatic rings. The summed E-state index contributed by atoms with van der Waals surface area (Å²) < 4.78 is 5.32. The Balaban J connectivity index is 2.16. The fraction of sp³-hybridized carbons (Fsp3) is 1.00. The lowest BCUT2D eigenvalue weighted by molar-refractivity contribution is 0.168. The van der Waals surface area contributed by atoms with Crippen molar-refractivity contribution in [2.75, 3.05) is 32.9 Å². The van der Waals surface area contributed by atoms with Crippen LogP contribution < -0.4 is 11.1 Å². The Kier molecular flexibility index (Phi) is 4.66. The highest BCUT2D eigenvalue weighted by Crippen LogP contribution is 2.16. The molecule has 0 radical (unpaired) electrons. The summed E-state index contributed by atoms with van der Waals surface area (Å²) in [7, 11) is 0. The minimum atomic E-state index is 0.00938. The van der Waals surface area contributed by atoms with Crippen molar-refractivity contribution in [1.82, 2.24) is 5.32 Å². The van der Waals surface area contributed by atoms with Crippen LogP contribution in [0.1, 0.15) is 19.3 Å². The molecule has 1 saturated heterocycles. The average molecular weight is 188 g/mol. The first-order valence-corrected chi connectivity index (χ1v) is 4.97. The van der Waals surface area contributed by atoms with E-state index in [0.29, 0.717) is 6.54 Å². The molecule has 78 valence electrons. The molecule has 0 aliphatic carbocycles. The van der Waals surface area contributed by atoms with Gasteiger partial charge in [-0.25, -0.2) is 0 Å². The number of rotatable bonds is 6. The van der Waals surface area contributed by atoms with Crippen LogP contribution in [0.4, 0.5) is 0 Å². The van der Waals surface area contributed by atoms with E-state index < -0.39 is 0 Å². The maximum Gasteiger partial charge on any atom is 0.0661 e. The van der Waals surface area contributed by atoms with Gasteiger partial charge < -0.3 is 20.9 Å². The summed E-state index contributed by atoms with van der Waals surface area (Å²) in [5.41, 5.74) is 5.70.